The number of hydrogen-bond acceptors (Lipinski definition) is 7. The van der Waals surface area contributed by atoms with Gasteiger partial charge in [-0.05, 0) is 69.9 Å². The Labute approximate surface area is 278 Å². The second-order valence-corrected chi connectivity index (χ2v) is 11.3. The lowest BCUT2D eigenvalue weighted by Crippen LogP contribution is -2.39. The van der Waals surface area contributed by atoms with Crippen molar-refractivity contribution in [3.8, 4) is 5.75 Å². The van der Waals surface area contributed by atoms with Crippen molar-refractivity contribution in [3.63, 3.8) is 0 Å². The van der Waals surface area contributed by atoms with E-state index in [1.54, 1.807) is 51.3 Å². The van der Waals surface area contributed by atoms with Crippen molar-refractivity contribution in [2.24, 2.45) is 10.7 Å². The molecule has 0 aliphatic carbocycles. The third kappa shape index (κ3) is 10.7. The Morgan fingerprint density at radius 3 is 2.49 bits per heavy atom. The first kappa shape index (κ1) is 36.7. The summed E-state index contributed by atoms with van der Waals surface area (Å²) in [6.45, 7) is 18.1. The largest absolute Gasteiger partial charge is 0.496 e. The molecule has 1 fully saturated rings. The number of carbonyl (C=O) groups excluding carboxylic acids is 3. The van der Waals surface area contributed by atoms with Crippen LogP contribution in [0.1, 0.15) is 44.2 Å². The van der Waals surface area contributed by atoms with E-state index in [0.29, 0.717) is 23.5 Å². The highest BCUT2D eigenvalue weighted by Crippen LogP contribution is 2.36. The zero-order valence-electron chi connectivity index (χ0n) is 28.1. The van der Waals surface area contributed by atoms with Crippen LogP contribution in [0.4, 0.5) is 17.1 Å². The van der Waals surface area contributed by atoms with Crippen molar-refractivity contribution in [2.45, 2.75) is 46.5 Å². The van der Waals surface area contributed by atoms with E-state index < -0.39 is 5.91 Å². The van der Waals surface area contributed by atoms with E-state index in [-0.39, 0.29) is 23.2 Å². The minimum atomic E-state index is -0.618. The van der Waals surface area contributed by atoms with Crippen LogP contribution in [0.5, 0.6) is 5.75 Å². The summed E-state index contributed by atoms with van der Waals surface area (Å²) in [4.78, 5) is 44.5. The number of nitrogens with one attached hydrogen (secondary N) is 2. The van der Waals surface area contributed by atoms with Gasteiger partial charge in [-0.2, -0.15) is 0 Å². The summed E-state index contributed by atoms with van der Waals surface area (Å²) in [5.74, 6) is 0.464. The number of hydrogen-bond donors (Lipinski definition) is 3. The lowest BCUT2D eigenvalue weighted by atomic mass is 10.0. The second-order valence-electron chi connectivity index (χ2n) is 11.3. The van der Waals surface area contributed by atoms with E-state index >= 15 is 0 Å². The maximum Gasteiger partial charge on any atom is 0.252 e. The number of rotatable bonds is 11. The highest BCUT2D eigenvalue weighted by molar-refractivity contribution is 6.21. The molecule has 11 heteroatoms. The van der Waals surface area contributed by atoms with E-state index in [0.717, 1.165) is 81.7 Å². The molecule has 11 nitrogen and oxygen atoms in total. The molecular weight excluding hydrogens is 596 g/mol. The van der Waals surface area contributed by atoms with Crippen molar-refractivity contribution < 1.29 is 23.9 Å². The molecule has 47 heavy (non-hydrogen) atoms. The molecule has 0 bridgehead atoms. The Morgan fingerprint density at radius 2 is 1.85 bits per heavy atom. The number of primary amides is 1. The van der Waals surface area contributed by atoms with Gasteiger partial charge in [0.25, 0.3) is 5.91 Å². The predicted molar refractivity (Wildman–Crippen MR) is 188 cm³/mol. The Bertz CT molecular complexity index is 1510. The van der Waals surface area contributed by atoms with E-state index in [9.17, 15) is 14.4 Å². The molecule has 0 unspecified atom stereocenters. The molecule has 2 aliphatic heterocycles. The van der Waals surface area contributed by atoms with Gasteiger partial charge in [-0.25, -0.2) is 4.99 Å². The lowest BCUT2D eigenvalue weighted by molar-refractivity contribution is -0.118. The first-order valence-electron chi connectivity index (χ1n) is 15.9. The number of morpholine rings is 1. The van der Waals surface area contributed by atoms with Crippen molar-refractivity contribution >= 4 is 40.6 Å². The molecule has 0 spiro atoms. The summed E-state index contributed by atoms with van der Waals surface area (Å²) in [5, 5.41) is 5.56. The van der Waals surface area contributed by atoms with Gasteiger partial charge in [0.2, 0.25) is 11.8 Å². The number of nitrogens with two attached hydrogens (primary N) is 1. The van der Waals surface area contributed by atoms with Gasteiger partial charge in [0.15, 0.2) is 0 Å². The van der Waals surface area contributed by atoms with Crippen LogP contribution >= 0.6 is 0 Å². The summed E-state index contributed by atoms with van der Waals surface area (Å²) < 4.78 is 11.0. The van der Waals surface area contributed by atoms with Gasteiger partial charge in [0.05, 0.1) is 43.0 Å². The van der Waals surface area contributed by atoms with E-state index in [4.69, 9.17) is 15.2 Å². The van der Waals surface area contributed by atoms with Crippen LogP contribution in [0.15, 0.2) is 78.0 Å². The number of amides is 3. The average Bonchev–Trinajstić information content (AvgIpc) is 3.20. The number of fused-ring (bicyclic) bond motifs is 1. The first-order chi connectivity index (χ1) is 22.6. The zero-order valence-corrected chi connectivity index (χ0v) is 28.1. The number of nitrogens with zero attached hydrogens (tertiary/aromatic N) is 3. The van der Waals surface area contributed by atoms with Crippen molar-refractivity contribution in [2.75, 3.05) is 56.7 Å². The van der Waals surface area contributed by atoms with Crippen LogP contribution in [0, 0.1) is 6.92 Å². The van der Waals surface area contributed by atoms with Crippen molar-refractivity contribution in [3.05, 3.63) is 84.1 Å². The standard InChI is InChI=1S/C19H28N2O3.C17H20N4O2/c1-15-7-8-17-16(19(15)23-2)5-3-6-18(22)21(17)10-4-9-20-11-13-24-14-12-20;1-5-12(16(18)23)17(19-11(3)4)21-14-10-8-7-9-13(14)20-15(22)6-2/h7-8H,3-6,9-14H2,1-2H3;5-10H,2-3H2,1,4H3,(H2,18,23)(H,19,21)(H,20,22)/b;12-5-. The molecule has 0 atom stereocenters. The number of methoxy groups -OCH3 is 1. The molecule has 0 saturated carbocycles. The number of para-hydroxylation sites is 2. The van der Waals surface area contributed by atoms with Gasteiger partial charge in [-0.3, -0.25) is 19.3 Å². The molecular formula is C36H48N6O5. The SMILES string of the molecule is C=CC(=O)Nc1ccccc1N=C(NC(=C)C)/C(=C\C)C(N)=O.COc1c(C)ccc2c1CCCC(=O)N2CCCN1CCOCC1. The molecule has 2 aliphatic rings. The Balaban J connectivity index is 0.000000256. The number of ether oxygens (including phenoxy) is 2. The molecule has 2 heterocycles. The maximum absolute atomic E-state index is 12.6. The third-order valence-electron chi connectivity index (χ3n) is 7.73. The average molecular weight is 645 g/mol. The molecule has 0 radical (unpaired) electrons. The molecule has 252 valence electrons. The highest BCUT2D eigenvalue weighted by Gasteiger charge is 2.25. The summed E-state index contributed by atoms with van der Waals surface area (Å²) in [7, 11) is 1.72. The number of anilines is 2. The van der Waals surface area contributed by atoms with Crippen LogP contribution in [0.2, 0.25) is 0 Å². The summed E-state index contributed by atoms with van der Waals surface area (Å²) in [6, 6.07) is 11.1. The number of allylic oxidation sites excluding steroid dienone is 2. The number of benzene rings is 2. The van der Waals surface area contributed by atoms with Gasteiger partial charge in [-0.1, -0.05) is 37.4 Å². The number of aryl methyl sites for hydroxylation is 1. The quantitative estimate of drug-likeness (QED) is 0.182. The zero-order chi connectivity index (χ0) is 34.3. The van der Waals surface area contributed by atoms with E-state index in [1.807, 2.05) is 4.90 Å². The van der Waals surface area contributed by atoms with Crippen LogP contribution in [0.3, 0.4) is 0 Å². The highest BCUT2D eigenvalue weighted by atomic mass is 16.5. The van der Waals surface area contributed by atoms with Gasteiger partial charge >= 0.3 is 0 Å². The summed E-state index contributed by atoms with van der Waals surface area (Å²) >= 11 is 0. The smallest absolute Gasteiger partial charge is 0.252 e. The van der Waals surface area contributed by atoms with Crippen LogP contribution in [0.25, 0.3) is 0 Å². The van der Waals surface area contributed by atoms with Crippen LogP contribution in [-0.2, 0) is 25.5 Å². The monoisotopic (exact) mass is 644 g/mol. The molecule has 2 aromatic rings. The third-order valence-corrected chi connectivity index (χ3v) is 7.73. The summed E-state index contributed by atoms with van der Waals surface area (Å²) in [5.41, 5.74) is 10.5. The maximum atomic E-state index is 12.6. The number of amidine groups is 1. The number of aliphatic imine (C=N–C) groups is 1. The molecule has 1 saturated heterocycles. The van der Waals surface area contributed by atoms with Crippen molar-refractivity contribution in [1.29, 1.82) is 0 Å². The fourth-order valence-electron chi connectivity index (χ4n) is 5.46. The van der Waals surface area contributed by atoms with Gasteiger partial charge in [-0.15, -0.1) is 0 Å². The first-order valence-corrected chi connectivity index (χ1v) is 15.9. The fourth-order valence-corrected chi connectivity index (χ4v) is 5.46. The van der Waals surface area contributed by atoms with Crippen molar-refractivity contribution in [1.82, 2.24) is 10.2 Å². The molecule has 2 aromatic carbocycles. The van der Waals surface area contributed by atoms with Gasteiger partial charge < -0.3 is 30.7 Å². The van der Waals surface area contributed by atoms with E-state index in [2.05, 4.69) is 52.7 Å². The summed E-state index contributed by atoms with van der Waals surface area (Å²) in [6.07, 6.45) is 6.13. The van der Waals surface area contributed by atoms with Crippen LogP contribution < -0.4 is 26.0 Å². The predicted octanol–water partition coefficient (Wildman–Crippen LogP) is 4.79. The van der Waals surface area contributed by atoms with Gasteiger partial charge in [0, 0.05) is 43.9 Å². The fraction of sp³-hybridized carbons (Fsp3) is 0.389. The minimum absolute atomic E-state index is 0.220. The van der Waals surface area contributed by atoms with Crippen LogP contribution in [-0.4, -0.2) is 75.0 Å². The minimum Gasteiger partial charge on any atom is -0.496 e. The molecule has 4 N–H and O–H groups in total. The normalized spacial score (nSPS) is 15.4. The van der Waals surface area contributed by atoms with E-state index in [1.165, 1.54) is 5.56 Å². The van der Waals surface area contributed by atoms with Gasteiger partial charge in [0.1, 0.15) is 11.6 Å². The molecule has 4 rings (SSSR count). The molecule has 0 aromatic heterocycles. The number of carbonyl (C=O) groups is 3. The second kappa shape index (κ2) is 18.4. The lowest BCUT2D eigenvalue weighted by Gasteiger charge is -2.29. The topological polar surface area (TPSA) is 139 Å². The Hall–Kier alpha value is -4.74. The Kier molecular flexibility index (Phi) is 14.4. The Morgan fingerprint density at radius 1 is 1.13 bits per heavy atom. The molecule has 3 amide bonds.